The second kappa shape index (κ2) is 32.6. The molecule has 31 nitrogen and oxygen atoms in total. The third-order valence-corrected chi connectivity index (χ3v) is 13.2. The first kappa shape index (κ1) is 63.4. The van der Waals surface area contributed by atoms with Gasteiger partial charge in [0.2, 0.25) is 11.8 Å². The van der Waals surface area contributed by atoms with Crippen molar-refractivity contribution in [2.75, 3.05) is 105 Å². The maximum atomic E-state index is 11.0. The second-order valence-corrected chi connectivity index (χ2v) is 19.3. The fourth-order valence-corrected chi connectivity index (χ4v) is 8.54. The molecule has 4 aliphatic heterocycles. The van der Waals surface area contributed by atoms with Crippen LogP contribution < -0.4 is 37.2 Å². The van der Waals surface area contributed by atoms with Crippen LogP contribution in [0, 0.1) is 11.8 Å². The first-order valence-electron chi connectivity index (χ1n) is 26.2. The fraction of sp³-hybridized carbons (Fsp3) is 0.471. The number of amides is 2. The summed E-state index contributed by atoms with van der Waals surface area (Å²) in [7, 11) is 4.23. The van der Waals surface area contributed by atoms with Gasteiger partial charge in [-0.2, -0.15) is 0 Å². The van der Waals surface area contributed by atoms with Gasteiger partial charge in [0.15, 0.2) is 28.5 Å². The molecule has 82 heavy (non-hydrogen) atoms. The van der Waals surface area contributed by atoms with Crippen LogP contribution in [0.5, 0.6) is 0 Å². The van der Waals surface area contributed by atoms with E-state index in [0.29, 0.717) is 55.3 Å². The van der Waals surface area contributed by atoms with E-state index in [4.69, 9.17) is 37.0 Å². The van der Waals surface area contributed by atoms with E-state index in [1.165, 1.54) is 74.9 Å². The van der Waals surface area contributed by atoms with Gasteiger partial charge in [-0.25, -0.2) is 73.8 Å². The van der Waals surface area contributed by atoms with Crippen LogP contribution in [0.15, 0.2) is 62.0 Å². The molecule has 0 aliphatic carbocycles. The number of nitrogens with two attached hydrogens (primary N) is 2. The molecule has 12 N–H and O–H groups in total. The minimum Gasteiger partial charge on any atom is -0.477 e. The number of hydrogen-bond donors (Lipinski definition) is 10. The van der Waals surface area contributed by atoms with Crippen LogP contribution in [0.25, 0.3) is 0 Å². The Morgan fingerprint density at radius 1 is 0.463 bits per heavy atom. The number of nitrogens with zero attached hydrogens (tertiary/aromatic N) is 14. The lowest BCUT2D eigenvalue weighted by atomic mass is 9.96. The number of nitrogens with one attached hydrogen (secondary N) is 3. The number of carbonyl (C=O) groups excluding carboxylic acids is 2. The second-order valence-electron chi connectivity index (χ2n) is 19.3. The molecule has 0 bridgehead atoms. The minimum atomic E-state index is -1.16. The van der Waals surface area contributed by atoms with Crippen molar-refractivity contribution in [3.8, 4) is 0 Å². The highest BCUT2D eigenvalue weighted by Crippen LogP contribution is 2.23. The highest BCUT2D eigenvalue weighted by molar-refractivity contribution is 5.88. The molecule has 0 radical (unpaired) electrons. The molecule has 9 heterocycles. The Morgan fingerprint density at radius 2 is 0.841 bits per heavy atom. The maximum Gasteiger partial charge on any atom is 0.354 e. The Labute approximate surface area is 471 Å². The fourth-order valence-electron chi connectivity index (χ4n) is 8.54. The summed E-state index contributed by atoms with van der Waals surface area (Å²) in [4.78, 5) is 122. The molecule has 440 valence electrons. The first-order valence-corrected chi connectivity index (χ1v) is 26.2. The Kier molecular flexibility index (Phi) is 25.2. The van der Waals surface area contributed by atoms with Gasteiger partial charge >= 0.3 is 29.8 Å². The number of piperidine rings is 4. The molecule has 0 unspecified atom stereocenters. The van der Waals surface area contributed by atoms with Gasteiger partial charge in [-0.1, -0.05) is 0 Å². The molecule has 9 rings (SSSR count). The third kappa shape index (κ3) is 22.0. The van der Waals surface area contributed by atoms with Crippen molar-refractivity contribution in [2.24, 2.45) is 23.3 Å². The van der Waals surface area contributed by atoms with E-state index in [1.54, 1.807) is 0 Å². The van der Waals surface area contributed by atoms with Crippen LogP contribution in [0.1, 0.15) is 110 Å². The summed E-state index contributed by atoms with van der Waals surface area (Å²) < 4.78 is 0. The summed E-state index contributed by atoms with van der Waals surface area (Å²) in [6.45, 7) is 8.27. The Bertz CT molecular complexity index is 2910. The molecule has 0 atom stereocenters. The lowest BCUT2D eigenvalue weighted by Gasteiger charge is -2.31. The lowest BCUT2D eigenvalue weighted by molar-refractivity contribution is -0.122. The molecule has 4 fully saturated rings. The Balaban J connectivity index is 0.000000189. The van der Waals surface area contributed by atoms with Crippen molar-refractivity contribution >= 4 is 70.8 Å². The topological polar surface area (TPSA) is 451 Å². The summed E-state index contributed by atoms with van der Waals surface area (Å²) in [5.41, 5.74) is 10.1. The van der Waals surface area contributed by atoms with Crippen molar-refractivity contribution < 1.29 is 59.1 Å². The number of carboxylic acid groups (broad SMARTS) is 5. The molecular weight excluding hydrogens is 1070 g/mol. The van der Waals surface area contributed by atoms with E-state index in [9.17, 15) is 33.6 Å². The number of anilines is 5. The number of likely N-dealkylation sites (tertiary alicyclic amines) is 2. The Morgan fingerprint density at radius 3 is 1.27 bits per heavy atom. The molecule has 31 heteroatoms. The average molecular weight is 1140 g/mol. The number of carboxylic acids is 5. The van der Waals surface area contributed by atoms with E-state index >= 15 is 0 Å². The van der Waals surface area contributed by atoms with Gasteiger partial charge in [-0.05, 0) is 104 Å². The minimum absolute atomic E-state index is 0.0235. The van der Waals surface area contributed by atoms with E-state index in [0.717, 1.165) is 83.6 Å². The van der Waals surface area contributed by atoms with Crippen LogP contribution in [0.4, 0.5) is 29.1 Å². The third-order valence-electron chi connectivity index (χ3n) is 13.2. The molecule has 5 aromatic heterocycles. The van der Waals surface area contributed by atoms with Gasteiger partial charge in [0, 0.05) is 75.0 Å². The van der Waals surface area contributed by atoms with E-state index in [-0.39, 0.29) is 52.7 Å². The molecule has 4 aliphatic rings. The van der Waals surface area contributed by atoms with Crippen LogP contribution in [0.3, 0.4) is 0 Å². The van der Waals surface area contributed by atoms with Crippen molar-refractivity contribution in [3.63, 3.8) is 0 Å². The lowest BCUT2D eigenvalue weighted by Crippen LogP contribution is -2.39. The monoisotopic (exact) mass is 1140 g/mol. The Hall–Kier alpha value is -9.39. The molecule has 0 spiro atoms. The zero-order chi connectivity index (χ0) is 59.6. The predicted octanol–water partition coefficient (Wildman–Crippen LogP) is 1.72. The predicted molar refractivity (Wildman–Crippen MR) is 296 cm³/mol. The van der Waals surface area contributed by atoms with Gasteiger partial charge in [-0.15, -0.1) is 0 Å². The molecule has 4 saturated heterocycles. The quantitative estimate of drug-likeness (QED) is 0.0672. The highest BCUT2D eigenvalue weighted by atomic mass is 16.4. The summed E-state index contributed by atoms with van der Waals surface area (Å²) in [5, 5.41) is 52.9. The molecule has 2 amide bonds. The summed E-state index contributed by atoms with van der Waals surface area (Å²) in [5.74, 6) is -2.87. The van der Waals surface area contributed by atoms with Gasteiger partial charge in [-0.3, -0.25) is 9.59 Å². The summed E-state index contributed by atoms with van der Waals surface area (Å²) >= 11 is 0. The van der Waals surface area contributed by atoms with Gasteiger partial charge < -0.3 is 72.5 Å². The van der Waals surface area contributed by atoms with Crippen molar-refractivity contribution in [3.05, 3.63) is 90.4 Å². The normalized spacial score (nSPS) is 15.8. The van der Waals surface area contributed by atoms with Gasteiger partial charge in [0.25, 0.3) is 0 Å². The van der Waals surface area contributed by atoms with Gasteiger partial charge in [0.1, 0.15) is 60.7 Å². The van der Waals surface area contributed by atoms with Crippen LogP contribution in [-0.4, -0.2) is 212 Å². The molecule has 0 aromatic carbocycles. The smallest absolute Gasteiger partial charge is 0.354 e. The van der Waals surface area contributed by atoms with Crippen molar-refractivity contribution in [1.29, 1.82) is 0 Å². The standard InChI is InChI=1S/C12H18N4O2.C11H14N4O3.C11H16N4O2.C10H13N3O2.C7H8N4O3/c1-16-4-2-9(3-5-16)7-13-11-6-10(12(17)18)14-8-15-11;12-10(16)7-1-3-15(4-2-7)9-5-8(11(17)18)13-6-14-9;1-15-4-2-8(3-5-15)14-10-6-9(11(16)17)12-7-13-10;14-10(15)8-6-9(12-7-11-8)13-4-2-1-3-5-13;8-5(12)2-9-6-1-4(7(13)14)10-3-11-6/h6,8-9H,2-5,7H2,1H3,(H,17,18)(H,13,14,15);5-7H,1-4H2,(H2,12,16)(H,17,18);6-8H,2-5H2,1H3,(H,16,17)(H,12,13,14);6-7H,1-5H2,(H,14,15);1,3H,2H2,(H2,8,12)(H,13,14)(H,9,10,11). The number of aromatic carboxylic acids is 5. The summed E-state index contributed by atoms with van der Waals surface area (Å²) in [6.07, 6.45) is 15.5. The number of aromatic nitrogens is 10. The molecular formula is C51H69N19O12. The highest BCUT2D eigenvalue weighted by Gasteiger charge is 2.25. The largest absolute Gasteiger partial charge is 0.477 e. The van der Waals surface area contributed by atoms with E-state index < -0.39 is 35.8 Å². The zero-order valence-electron chi connectivity index (χ0n) is 45.5. The first-order chi connectivity index (χ1) is 39.2. The van der Waals surface area contributed by atoms with E-state index in [2.05, 4.69) is 94.6 Å². The van der Waals surface area contributed by atoms with Crippen LogP contribution in [0.2, 0.25) is 0 Å². The van der Waals surface area contributed by atoms with E-state index in [1.807, 2.05) is 4.90 Å². The molecule has 0 saturated carbocycles. The average Bonchev–Trinajstić information content (AvgIpc) is 3.51. The SMILES string of the molecule is CN1CCC(CNc2cc(C(=O)O)ncn2)CC1.CN1CCC(Nc2cc(C(=O)O)ncn2)CC1.NC(=O)C1CCN(c2cc(C(=O)O)ncn2)CC1.NC(=O)CNc1cc(C(=O)O)ncn1.O=C(O)c1cc(N2CCCCC2)ncn1. The van der Waals surface area contributed by atoms with Crippen LogP contribution >= 0.6 is 0 Å². The van der Waals surface area contributed by atoms with Crippen molar-refractivity contribution in [1.82, 2.24) is 59.6 Å². The molecule has 5 aromatic rings. The maximum absolute atomic E-state index is 11.0. The van der Waals surface area contributed by atoms with Gasteiger partial charge in [0.05, 0.1) is 6.54 Å². The zero-order valence-corrected chi connectivity index (χ0v) is 45.5. The summed E-state index contributed by atoms with van der Waals surface area (Å²) in [6, 6.07) is 7.49. The number of rotatable bonds is 16. The van der Waals surface area contributed by atoms with Crippen molar-refractivity contribution in [2.45, 2.75) is 63.8 Å². The van der Waals surface area contributed by atoms with Crippen LogP contribution in [-0.2, 0) is 9.59 Å². The number of primary amides is 2. The number of hydrogen-bond acceptors (Lipinski definition) is 24. The number of carbonyl (C=O) groups is 7.